The number of hydrogen-bond acceptors (Lipinski definition) is 5. The Labute approximate surface area is 237 Å². The molecule has 1 fully saturated rings. The van der Waals surface area contributed by atoms with Gasteiger partial charge in [-0.2, -0.15) is 0 Å². The van der Waals surface area contributed by atoms with Crippen LogP contribution in [0, 0.1) is 0 Å². The van der Waals surface area contributed by atoms with Crippen molar-refractivity contribution in [3.8, 4) is 0 Å². The highest BCUT2D eigenvalue weighted by Gasteiger charge is 2.46. The van der Waals surface area contributed by atoms with Crippen molar-refractivity contribution in [2.24, 2.45) is 0 Å². The van der Waals surface area contributed by atoms with Crippen molar-refractivity contribution in [1.82, 2.24) is 0 Å². The molecule has 4 aromatic rings. The fourth-order valence-corrected chi connectivity index (χ4v) is 5.02. The van der Waals surface area contributed by atoms with Gasteiger partial charge in [0.05, 0.1) is 39.1 Å². The Morgan fingerprint density at radius 1 is 0.475 bits per heavy atom. The van der Waals surface area contributed by atoms with Gasteiger partial charge < -0.3 is 23.7 Å². The second-order valence-corrected chi connectivity index (χ2v) is 10.2. The standard InChI is InChI=1S/C35H38O5/c1-27-33(37-23-29-16-8-3-9-17-29)35(39-25-31-20-12-5-13-21-31)34(38-24-30-18-10-4-11-19-30)32(40-27)26-36-22-28-14-6-2-7-15-28/h2-21,27,32-35H,22-26H2,1H3/t27?,32?,33?,34-,35?/m0/s1. The summed E-state index contributed by atoms with van der Waals surface area (Å²) in [4.78, 5) is 0. The third kappa shape index (κ3) is 8.10. The third-order valence-corrected chi connectivity index (χ3v) is 7.12. The van der Waals surface area contributed by atoms with Gasteiger partial charge in [-0.05, 0) is 29.2 Å². The van der Waals surface area contributed by atoms with Crippen molar-refractivity contribution in [1.29, 1.82) is 0 Å². The van der Waals surface area contributed by atoms with Crippen LogP contribution in [0.25, 0.3) is 0 Å². The molecule has 0 spiro atoms. The van der Waals surface area contributed by atoms with E-state index in [-0.39, 0.29) is 24.4 Å². The molecule has 5 rings (SSSR count). The molecule has 1 saturated heterocycles. The number of ether oxygens (including phenoxy) is 5. The van der Waals surface area contributed by atoms with Gasteiger partial charge in [-0.15, -0.1) is 0 Å². The van der Waals surface area contributed by atoms with Crippen molar-refractivity contribution in [3.63, 3.8) is 0 Å². The third-order valence-electron chi connectivity index (χ3n) is 7.12. The van der Waals surface area contributed by atoms with Crippen LogP contribution in [0.5, 0.6) is 0 Å². The highest BCUT2D eigenvalue weighted by Crippen LogP contribution is 2.30. The first-order chi connectivity index (χ1) is 19.8. The molecule has 0 aliphatic carbocycles. The van der Waals surface area contributed by atoms with E-state index in [0.717, 1.165) is 22.3 Å². The average Bonchev–Trinajstić information content (AvgIpc) is 3.01. The molecule has 1 heterocycles. The first-order valence-corrected chi connectivity index (χ1v) is 14.0. The van der Waals surface area contributed by atoms with E-state index in [9.17, 15) is 0 Å². The quantitative estimate of drug-likeness (QED) is 0.189. The van der Waals surface area contributed by atoms with Gasteiger partial charge in [0.25, 0.3) is 0 Å². The van der Waals surface area contributed by atoms with Crippen LogP contribution in [0.3, 0.4) is 0 Å². The Morgan fingerprint density at radius 3 is 1.30 bits per heavy atom. The minimum absolute atomic E-state index is 0.216. The first kappa shape index (κ1) is 28.2. The molecule has 40 heavy (non-hydrogen) atoms. The maximum atomic E-state index is 6.65. The monoisotopic (exact) mass is 538 g/mol. The maximum absolute atomic E-state index is 6.65. The molecule has 1 aliphatic heterocycles. The van der Waals surface area contributed by atoms with Gasteiger partial charge in [0, 0.05) is 0 Å². The molecule has 1 aliphatic rings. The fraction of sp³-hybridized carbons (Fsp3) is 0.314. The zero-order valence-corrected chi connectivity index (χ0v) is 23.0. The van der Waals surface area contributed by atoms with E-state index in [0.29, 0.717) is 33.0 Å². The van der Waals surface area contributed by atoms with E-state index < -0.39 is 6.10 Å². The molecule has 208 valence electrons. The highest BCUT2D eigenvalue weighted by atomic mass is 16.6. The van der Waals surface area contributed by atoms with Crippen LogP contribution in [-0.4, -0.2) is 37.1 Å². The number of benzene rings is 4. The molecule has 4 aromatic carbocycles. The van der Waals surface area contributed by atoms with E-state index >= 15 is 0 Å². The summed E-state index contributed by atoms with van der Waals surface area (Å²) in [6.07, 6.45) is -1.61. The first-order valence-electron chi connectivity index (χ1n) is 14.0. The van der Waals surface area contributed by atoms with E-state index in [1.807, 2.05) is 79.7 Å². The topological polar surface area (TPSA) is 46.2 Å². The van der Waals surface area contributed by atoms with E-state index in [2.05, 4.69) is 48.5 Å². The summed E-state index contributed by atoms with van der Waals surface area (Å²) < 4.78 is 32.5. The van der Waals surface area contributed by atoms with Crippen LogP contribution < -0.4 is 0 Å². The zero-order valence-electron chi connectivity index (χ0n) is 23.0. The van der Waals surface area contributed by atoms with Crippen LogP contribution in [0.15, 0.2) is 121 Å². The van der Waals surface area contributed by atoms with Crippen molar-refractivity contribution < 1.29 is 23.7 Å². The van der Waals surface area contributed by atoms with Crippen LogP contribution in [0.4, 0.5) is 0 Å². The van der Waals surface area contributed by atoms with Gasteiger partial charge in [-0.1, -0.05) is 121 Å². The smallest absolute Gasteiger partial charge is 0.115 e. The van der Waals surface area contributed by atoms with Gasteiger partial charge in [-0.3, -0.25) is 0 Å². The number of hydrogen-bond donors (Lipinski definition) is 0. The Kier molecular flexibility index (Phi) is 10.5. The lowest BCUT2D eigenvalue weighted by Crippen LogP contribution is -2.60. The summed E-state index contributed by atoms with van der Waals surface area (Å²) in [7, 11) is 0. The van der Waals surface area contributed by atoms with E-state index in [1.54, 1.807) is 0 Å². The molecular weight excluding hydrogens is 500 g/mol. The molecule has 5 atom stereocenters. The number of rotatable bonds is 13. The van der Waals surface area contributed by atoms with Crippen LogP contribution in [0.1, 0.15) is 29.2 Å². The summed E-state index contributed by atoms with van der Waals surface area (Å²) >= 11 is 0. The average molecular weight is 539 g/mol. The molecule has 0 radical (unpaired) electrons. The molecule has 0 bridgehead atoms. The Bertz CT molecular complexity index is 1240. The normalized spacial score (nSPS) is 22.7. The molecule has 0 saturated carbocycles. The second kappa shape index (κ2) is 14.9. The Morgan fingerprint density at radius 2 is 0.850 bits per heavy atom. The summed E-state index contributed by atoms with van der Waals surface area (Å²) in [5, 5.41) is 0. The van der Waals surface area contributed by atoms with E-state index in [4.69, 9.17) is 23.7 Å². The molecule has 0 amide bonds. The summed E-state index contributed by atoms with van der Waals surface area (Å²) in [5.41, 5.74) is 4.41. The van der Waals surface area contributed by atoms with Crippen LogP contribution in [-0.2, 0) is 50.1 Å². The summed E-state index contributed by atoms with van der Waals surface area (Å²) in [6, 6.07) is 40.8. The Hall–Kier alpha value is -3.32. The van der Waals surface area contributed by atoms with Gasteiger partial charge in [0.2, 0.25) is 0 Å². The van der Waals surface area contributed by atoms with Gasteiger partial charge in [0.1, 0.15) is 24.4 Å². The van der Waals surface area contributed by atoms with Crippen molar-refractivity contribution in [3.05, 3.63) is 144 Å². The molecule has 0 aromatic heterocycles. The van der Waals surface area contributed by atoms with E-state index in [1.165, 1.54) is 0 Å². The second-order valence-electron chi connectivity index (χ2n) is 10.2. The molecule has 5 nitrogen and oxygen atoms in total. The molecule has 4 unspecified atom stereocenters. The molecular formula is C35H38O5. The minimum atomic E-state index is -0.392. The lowest BCUT2D eigenvalue weighted by atomic mass is 9.94. The van der Waals surface area contributed by atoms with Crippen molar-refractivity contribution in [2.45, 2.75) is 63.9 Å². The molecule has 5 heteroatoms. The summed E-state index contributed by atoms with van der Waals surface area (Å²) in [5.74, 6) is 0. The predicted molar refractivity (Wildman–Crippen MR) is 155 cm³/mol. The predicted octanol–water partition coefficient (Wildman–Crippen LogP) is 6.75. The van der Waals surface area contributed by atoms with Gasteiger partial charge >= 0.3 is 0 Å². The van der Waals surface area contributed by atoms with Crippen molar-refractivity contribution in [2.75, 3.05) is 6.61 Å². The van der Waals surface area contributed by atoms with Gasteiger partial charge in [-0.25, -0.2) is 0 Å². The maximum Gasteiger partial charge on any atom is 0.115 e. The van der Waals surface area contributed by atoms with Gasteiger partial charge in [0.15, 0.2) is 0 Å². The summed E-state index contributed by atoms with van der Waals surface area (Å²) in [6.45, 7) is 4.29. The van der Waals surface area contributed by atoms with Crippen molar-refractivity contribution >= 4 is 0 Å². The highest BCUT2D eigenvalue weighted by molar-refractivity contribution is 5.16. The Balaban J connectivity index is 1.36. The lowest BCUT2D eigenvalue weighted by molar-refractivity contribution is -0.269. The molecule has 0 N–H and O–H groups in total. The SMILES string of the molecule is CC1OC(COCc2ccccc2)[C@H](OCc2ccccc2)C(OCc2ccccc2)C1OCc1ccccc1. The fourth-order valence-electron chi connectivity index (χ4n) is 5.02. The zero-order chi connectivity index (χ0) is 27.4. The van der Waals surface area contributed by atoms with Crippen LogP contribution in [0.2, 0.25) is 0 Å². The minimum Gasteiger partial charge on any atom is -0.374 e. The largest absolute Gasteiger partial charge is 0.374 e. The van der Waals surface area contributed by atoms with Crippen LogP contribution >= 0.6 is 0 Å². The lowest BCUT2D eigenvalue weighted by Gasteiger charge is -2.45.